The first-order valence-corrected chi connectivity index (χ1v) is 5.43. The summed E-state index contributed by atoms with van der Waals surface area (Å²) >= 11 is 0. The quantitative estimate of drug-likeness (QED) is 0.646. The fourth-order valence-electron chi connectivity index (χ4n) is 1.47. The smallest absolute Gasteiger partial charge is 0.405 e. The minimum absolute atomic E-state index is 0.0470. The number of methoxy groups -OCH3 is 1. The molecule has 2 amide bonds. The van der Waals surface area contributed by atoms with Crippen LogP contribution in [0.1, 0.15) is 5.56 Å². The van der Waals surface area contributed by atoms with Crippen molar-refractivity contribution in [3.8, 4) is 0 Å². The summed E-state index contributed by atoms with van der Waals surface area (Å²) in [6.45, 7) is 0.0470. The van der Waals surface area contributed by atoms with E-state index < -0.39 is 18.0 Å². The molecule has 1 aromatic carbocycles. The molecule has 0 aliphatic rings. The molecule has 0 saturated carbocycles. The molecule has 1 atom stereocenters. The molecule has 0 radical (unpaired) electrons. The number of ether oxygens (including phenoxy) is 1. The third-order valence-corrected chi connectivity index (χ3v) is 2.29. The number of nitrogens with one attached hydrogen (secondary N) is 2. The number of rotatable bonds is 6. The zero-order valence-electron chi connectivity index (χ0n) is 10.1. The first kappa shape index (κ1) is 14.0. The van der Waals surface area contributed by atoms with Crippen LogP contribution < -0.4 is 10.6 Å². The minimum atomic E-state index is -1.23. The lowest BCUT2D eigenvalue weighted by molar-refractivity contribution is -0.124. The molecule has 18 heavy (non-hydrogen) atoms. The first-order chi connectivity index (χ1) is 8.63. The van der Waals surface area contributed by atoms with E-state index in [1.54, 1.807) is 0 Å². The summed E-state index contributed by atoms with van der Waals surface area (Å²) in [7, 11) is 1.44. The van der Waals surface area contributed by atoms with Crippen molar-refractivity contribution in [1.82, 2.24) is 10.6 Å². The second-order valence-electron chi connectivity index (χ2n) is 3.67. The summed E-state index contributed by atoms with van der Waals surface area (Å²) in [6.07, 6.45) is -0.939. The highest BCUT2D eigenvalue weighted by molar-refractivity contribution is 5.85. The lowest BCUT2D eigenvalue weighted by atomic mass is 10.1. The van der Waals surface area contributed by atoms with E-state index in [4.69, 9.17) is 9.84 Å². The summed E-state index contributed by atoms with van der Waals surface area (Å²) in [4.78, 5) is 22.4. The minimum Gasteiger partial charge on any atom is -0.465 e. The van der Waals surface area contributed by atoms with Gasteiger partial charge in [0.2, 0.25) is 5.91 Å². The maximum Gasteiger partial charge on any atom is 0.405 e. The normalized spacial score (nSPS) is 11.6. The van der Waals surface area contributed by atoms with Gasteiger partial charge < -0.3 is 20.5 Å². The second kappa shape index (κ2) is 7.29. The molecular formula is C12H16N2O4. The Morgan fingerprint density at radius 2 is 2.00 bits per heavy atom. The van der Waals surface area contributed by atoms with Gasteiger partial charge in [-0.05, 0) is 5.56 Å². The van der Waals surface area contributed by atoms with Gasteiger partial charge in [-0.15, -0.1) is 0 Å². The predicted molar refractivity (Wildman–Crippen MR) is 65.1 cm³/mol. The molecule has 0 aromatic heterocycles. The molecule has 0 aliphatic carbocycles. The van der Waals surface area contributed by atoms with Crippen LogP contribution in [0.15, 0.2) is 30.3 Å². The van der Waals surface area contributed by atoms with Crippen molar-refractivity contribution in [2.75, 3.05) is 13.8 Å². The largest absolute Gasteiger partial charge is 0.465 e. The van der Waals surface area contributed by atoms with Crippen LogP contribution in [0.4, 0.5) is 4.79 Å². The van der Waals surface area contributed by atoms with Gasteiger partial charge in [-0.3, -0.25) is 4.79 Å². The maximum absolute atomic E-state index is 11.7. The highest BCUT2D eigenvalue weighted by Gasteiger charge is 2.20. The highest BCUT2D eigenvalue weighted by atomic mass is 16.5. The van der Waals surface area contributed by atoms with Gasteiger partial charge >= 0.3 is 6.09 Å². The van der Waals surface area contributed by atoms with Gasteiger partial charge in [0.1, 0.15) is 12.8 Å². The molecule has 0 aliphatic heterocycles. The molecule has 3 N–H and O–H groups in total. The molecule has 0 bridgehead atoms. The van der Waals surface area contributed by atoms with Crippen molar-refractivity contribution >= 4 is 12.0 Å². The Hall–Kier alpha value is -2.08. The predicted octanol–water partition coefficient (Wildman–Crippen LogP) is 0.585. The van der Waals surface area contributed by atoms with Crippen LogP contribution in [0.5, 0.6) is 0 Å². The molecule has 6 heteroatoms. The van der Waals surface area contributed by atoms with Gasteiger partial charge in [0.15, 0.2) is 0 Å². The third kappa shape index (κ3) is 4.84. The van der Waals surface area contributed by atoms with Crippen LogP contribution in [-0.4, -0.2) is 37.0 Å². The van der Waals surface area contributed by atoms with E-state index in [1.165, 1.54) is 7.11 Å². The third-order valence-electron chi connectivity index (χ3n) is 2.29. The van der Waals surface area contributed by atoms with Gasteiger partial charge in [-0.1, -0.05) is 30.3 Å². The molecule has 0 heterocycles. The van der Waals surface area contributed by atoms with Crippen molar-refractivity contribution in [3.05, 3.63) is 35.9 Å². The molecule has 98 valence electrons. The van der Waals surface area contributed by atoms with E-state index in [0.29, 0.717) is 6.42 Å². The van der Waals surface area contributed by atoms with Gasteiger partial charge in [0.25, 0.3) is 0 Å². The van der Waals surface area contributed by atoms with Gasteiger partial charge in [0.05, 0.1) is 0 Å². The van der Waals surface area contributed by atoms with E-state index in [0.717, 1.165) is 5.56 Å². The SMILES string of the molecule is COCNC(=O)[C@H](Cc1ccccc1)NC(=O)O. The average Bonchev–Trinajstić information content (AvgIpc) is 2.36. The fraction of sp³-hybridized carbons (Fsp3) is 0.333. The van der Waals surface area contributed by atoms with Crippen molar-refractivity contribution in [1.29, 1.82) is 0 Å². The number of carbonyl (C=O) groups is 2. The number of hydrogen-bond acceptors (Lipinski definition) is 3. The summed E-state index contributed by atoms with van der Waals surface area (Å²) in [6, 6.07) is 8.36. The van der Waals surface area contributed by atoms with Crippen molar-refractivity contribution in [2.45, 2.75) is 12.5 Å². The lowest BCUT2D eigenvalue weighted by Crippen LogP contribution is -2.48. The van der Waals surface area contributed by atoms with Gasteiger partial charge in [0, 0.05) is 13.5 Å². The van der Waals surface area contributed by atoms with E-state index in [2.05, 4.69) is 10.6 Å². The van der Waals surface area contributed by atoms with E-state index in [-0.39, 0.29) is 6.73 Å². The second-order valence-corrected chi connectivity index (χ2v) is 3.67. The molecule has 1 rings (SSSR count). The zero-order valence-corrected chi connectivity index (χ0v) is 10.1. The van der Waals surface area contributed by atoms with Crippen LogP contribution in [0.25, 0.3) is 0 Å². The van der Waals surface area contributed by atoms with Crippen molar-refractivity contribution < 1.29 is 19.4 Å². The number of amides is 2. The van der Waals surface area contributed by atoms with E-state index >= 15 is 0 Å². The Balaban J connectivity index is 2.66. The van der Waals surface area contributed by atoms with Crippen LogP contribution >= 0.6 is 0 Å². The molecular weight excluding hydrogens is 236 g/mol. The standard InChI is InChI=1S/C12H16N2O4/c1-18-8-13-11(15)10(14-12(16)17)7-9-5-3-2-4-6-9/h2-6,10,14H,7-8H2,1H3,(H,13,15)(H,16,17)/t10-/m0/s1. The van der Waals surface area contributed by atoms with Crippen LogP contribution in [0, 0.1) is 0 Å². The highest BCUT2D eigenvalue weighted by Crippen LogP contribution is 2.03. The molecule has 0 fully saturated rings. The average molecular weight is 252 g/mol. The van der Waals surface area contributed by atoms with Crippen molar-refractivity contribution in [2.24, 2.45) is 0 Å². The number of benzene rings is 1. The summed E-state index contributed by atoms with van der Waals surface area (Å²) in [5.74, 6) is -0.414. The maximum atomic E-state index is 11.7. The Labute approximate surface area is 105 Å². The Morgan fingerprint density at radius 3 is 2.56 bits per heavy atom. The van der Waals surface area contributed by atoms with Gasteiger partial charge in [-0.25, -0.2) is 4.79 Å². The summed E-state index contributed by atoms with van der Waals surface area (Å²) in [5.41, 5.74) is 0.879. The first-order valence-electron chi connectivity index (χ1n) is 5.43. The van der Waals surface area contributed by atoms with Crippen LogP contribution in [-0.2, 0) is 16.0 Å². The van der Waals surface area contributed by atoms with Gasteiger partial charge in [-0.2, -0.15) is 0 Å². The zero-order chi connectivity index (χ0) is 13.4. The monoisotopic (exact) mass is 252 g/mol. The fourth-order valence-corrected chi connectivity index (χ4v) is 1.47. The topological polar surface area (TPSA) is 87.7 Å². The lowest BCUT2D eigenvalue weighted by Gasteiger charge is -2.16. The molecule has 0 spiro atoms. The number of carboxylic acid groups (broad SMARTS) is 1. The summed E-state index contributed by atoms with van der Waals surface area (Å²) in [5, 5.41) is 13.4. The number of hydrogen-bond donors (Lipinski definition) is 3. The summed E-state index contributed by atoms with van der Waals surface area (Å²) < 4.78 is 4.71. The van der Waals surface area contributed by atoms with E-state index in [9.17, 15) is 9.59 Å². The Morgan fingerprint density at radius 1 is 1.33 bits per heavy atom. The Kier molecular flexibility index (Phi) is 5.66. The van der Waals surface area contributed by atoms with Crippen LogP contribution in [0.3, 0.4) is 0 Å². The number of carbonyl (C=O) groups excluding carboxylic acids is 1. The molecule has 0 unspecified atom stereocenters. The molecule has 1 aromatic rings. The van der Waals surface area contributed by atoms with Crippen molar-refractivity contribution in [3.63, 3.8) is 0 Å². The van der Waals surface area contributed by atoms with Crippen LogP contribution in [0.2, 0.25) is 0 Å². The molecule has 6 nitrogen and oxygen atoms in total. The van der Waals surface area contributed by atoms with E-state index in [1.807, 2.05) is 30.3 Å². The molecule has 0 saturated heterocycles. The Bertz CT molecular complexity index is 394.